The van der Waals surface area contributed by atoms with E-state index in [2.05, 4.69) is 25.0 Å². The van der Waals surface area contributed by atoms with Crippen LogP contribution in [0.15, 0.2) is 71.9 Å². The highest BCUT2D eigenvalue weighted by Gasteiger charge is 2.22. The number of nitrogens with one attached hydrogen (secondary N) is 2. The Hall–Kier alpha value is -3.51. The van der Waals surface area contributed by atoms with Crippen molar-refractivity contribution in [3.63, 3.8) is 0 Å². The number of hydrogen-bond donors (Lipinski definition) is 3. The highest BCUT2D eigenvalue weighted by molar-refractivity contribution is 7.92. The molecule has 0 aliphatic heterocycles. The van der Waals surface area contributed by atoms with Gasteiger partial charge in [-0.25, -0.2) is 27.8 Å². The average molecular weight is 604 g/mol. The van der Waals surface area contributed by atoms with Crippen molar-refractivity contribution in [2.75, 3.05) is 10.0 Å². The standard InChI is InChI=1S/C27H25Cl2FN6O3S/c28-19-5-1-2-6-25(19)40(37,38)36-23-15-21(30)24(14-20(23)29)39-26-18(4-3-12-32-26)22-11-13-33-27(35-22)34-17-9-7-16(31)8-10-17/h1-6,11-17,36H,7-10,31H2,(H,33,34,35). The van der Waals surface area contributed by atoms with E-state index in [-0.39, 0.29) is 44.3 Å². The number of benzene rings is 2. The topological polar surface area (TPSA) is 132 Å². The summed E-state index contributed by atoms with van der Waals surface area (Å²) in [6.07, 6.45) is 6.85. The number of pyridine rings is 1. The molecule has 4 aromatic rings. The first-order valence-electron chi connectivity index (χ1n) is 12.4. The van der Waals surface area contributed by atoms with Crippen LogP contribution in [0.2, 0.25) is 10.0 Å². The Bertz CT molecular complexity index is 1630. The zero-order chi connectivity index (χ0) is 28.3. The number of ether oxygens (including phenoxy) is 1. The SMILES string of the molecule is NC1CCC(Nc2nccc(-c3cccnc3Oc3cc(Cl)c(NS(=O)(=O)c4ccccc4Cl)cc3F)n2)CC1. The van der Waals surface area contributed by atoms with Crippen molar-refractivity contribution in [1.29, 1.82) is 0 Å². The summed E-state index contributed by atoms with van der Waals surface area (Å²) in [6.45, 7) is 0. The zero-order valence-corrected chi connectivity index (χ0v) is 23.3. The molecule has 0 radical (unpaired) electrons. The lowest BCUT2D eigenvalue weighted by molar-refractivity contribution is 0.410. The summed E-state index contributed by atoms with van der Waals surface area (Å²) < 4.78 is 48.8. The minimum Gasteiger partial charge on any atom is -0.435 e. The van der Waals surface area contributed by atoms with Crippen molar-refractivity contribution >= 4 is 44.9 Å². The number of halogens is 3. The van der Waals surface area contributed by atoms with E-state index in [0.717, 1.165) is 31.7 Å². The normalized spacial score (nSPS) is 17.3. The van der Waals surface area contributed by atoms with E-state index in [1.807, 2.05) is 0 Å². The van der Waals surface area contributed by atoms with Crippen molar-refractivity contribution in [2.45, 2.75) is 42.7 Å². The number of nitrogens with zero attached hydrogens (tertiary/aromatic N) is 3. The molecule has 9 nitrogen and oxygen atoms in total. The van der Waals surface area contributed by atoms with E-state index < -0.39 is 15.8 Å². The Kier molecular flexibility index (Phi) is 8.36. The van der Waals surface area contributed by atoms with Crippen LogP contribution in [0.4, 0.5) is 16.0 Å². The molecule has 4 N–H and O–H groups in total. The number of hydrogen-bond acceptors (Lipinski definition) is 8. The second-order valence-corrected chi connectivity index (χ2v) is 11.7. The Morgan fingerprint density at radius 2 is 1.73 bits per heavy atom. The molecule has 0 spiro atoms. The molecule has 0 bridgehead atoms. The van der Waals surface area contributed by atoms with Crippen LogP contribution < -0.4 is 20.5 Å². The van der Waals surface area contributed by atoms with E-state index in [1.165, 1.54) is 30.5 Å². The monoisotopic (exact) mass is 602 g/mol. The van der Waals surface area contributed by atoms with Crippen LogP contribution in [0.5, 0.6) is 11.6 Å². The third-order valence-corrected chi connectivity index (χ3v) is 8.58. The van der Waals surface area contributed by atoms with Gasteiger partial charge in [0.2, 0.25) is 11.8 Å². The van der Waals surface area contributed by atoms with Crippen LogP contribution in [0.25, 0.3) is 11.3 Å². The molecule has 1 aliphatic rings. The maximum Gasteiger partial charge on any atom is 0.263 e. The van der Waals surface area contributed by atoms with Crippen LogP contribution >= 0.6 is 23.2 Å². The van der Waals surface area contributed by atoms with Crippen molar-refractivity contribution in [3.8, 4) is 22.9 Å². The summed E-state index contributed by atoms with van der Waals surface area (Å²) in [5, 5.41) is 3.28. The van der Waals surface area contributed by atoms with Gasteiger partial charge in [-0.1, -0.05) is 35.3 Å². The van der Waals surface area contributed by atoms with E-state index >= 15 is 4.39 Å². The number of rotatable bonds is 8. The molecule has 40 heavy (non-hydrogen) atoms. The largest absolute Gasteiger partial charge is 0.435 e. The molecule has 0 unspecified atom stereocenters. The average Bonchev–Trinajstić information content (AvgIpc) is 2.93. The van der Waals surface area contributed by atoms with Gasteiger partial charge in [-0.2, -0.15) is 0 Å². The molecule has 0 atom stereocenters. The van der Waals surface area contributed by atoms with Gasteiger partial charge in [0.05, 0.1) is 27.0 Å². The quantitative estimate of drug-likeness (QED) is 0.215. The van der Waals surface area contributed by atoms with Crippen molar-refractivity contribution in [1.82, 2.24) is 15.0 Å². The Balaban J connectivity index is 1.37. The van der Waals surface area contributed by atoms with Gasteiger partial charge < -0.3 is 15.8 Å². The smallest absolute Gasteiger partial charge is 0.263 e. The molecule has 1 saturated carbocycles. The van der Waals surface area contributed by atoms with E-state index in [0.29, 0.717) is 17.2 Å². The summed E-state index contributed by atoms with van der Waals surface area (Å²) in [7, 11) is -4.13. The number of nitrogens with two attached hydrogens (primary N) is 1. The van der Waals surface area contributed by atoms with Crippen molar-refractivity contribution < 1.29 is 17.5 Å². The lowest BCUT2D eigenvalue weighted by atomic mass is 9.92. The van der Waals surface area contributed by atoms with Gasteiger partial charge in [0.1, 0.15) is 4.90 Å². The van der Waals surface area contributed by atoms with Gasteiger partial charge >= 0.3 is 0 Å². The fourth-order valence-corrected chi connectivity index (χ4v) is 6.19. The Morgan fingerprint density at radius 1 is 0.950 bits per heavy atom. The Labute approximate surface area is 241 Å². The number of sulfonamides is 1. The van der Waals surface area contributed by atoms with Crippen LogP contribution in [0.3, 0.4) is 0 Å². The summed E-state index contributed by atoms with van der Waals surface area (Å²) in [4.78, 5) is 13.0. The van der Waals surface area contributed by atoms with Gasteiger partial charge in [0.15, 0.2) is 11.6 Å². The van der Waals surface area contributed by atoms with E-state index in [1.54, 1.807) is 30.5 Å². The highest BCUT2D eigenvalue weighted by atomic mass is 35.5. The lowest BCUT2D eigenvalue weighted by Crippen LogP contribution is -2.33. The maximum atomic E-state index is 15.1. The molecule has 0 saturated heterocycles. The second kappa shape index (κ2) is 11.9. The van der Waals surface area contributed by atoms with Crippen LogP contribution in [-0.4, -0.2) is 35.5 Å². The predicted molar refractivity (Wildman–Crippen MR) is 153 cm³/mol. The van der Waals surface area contributed by atoms with Gasteiger partial charge in [0, 0.05) is 36.6 Å². The van der Waals surface area contributed by atoms with Crippen LogP contribution in [0, 0.1) is 5.82 Å². The molecule has 0 amide bonds. The van der Waals surface area contributed by atoms with Crippen LogP contribution in [0.1, 0.15) is 25.7 Å². The number of aromatic nitrogens is 3. The fourth-order valence-electron chi connectivity index (χ4n) is 4.34. The predicted octanol–water partition coefficient (Wildman–Crippen LogP) is 6.26. The minimum absolute atomic E-state index is 0.0141. The molecule has 1 aliphatic carbocycles. The fraction of sp³-hybridized carbons (Fsp3) is 0.222. The first-order valence-corrected chi connectivity index (χ1v) is 14.7. The number of anilines is 2. The molecule has 2 aromatic heterocycles. The maximum absolute atomic E-state index is 15.1. The molecular weight excluding hydrogens is 578 g/mol. The van der Waals surface area contributed by atoms with Crippen molar-refractivity contribution in [3.05, 3.63) is 82.9 Å². The second-order valence-electron chi connectivity index (χ2n) is 9.28. The Morgan fingerprint density at radius 3 is 2.50 bits per heavy atom. The van der Waals surface area contributed by atoms with Gasteiger partial charge in [-0.3, -0.25) is 4.72 Å². The van der Waals surface area contributed by atoms with E-state index in [4.69, 9.17) is 33.7 Å². The molecule has 5 rings (SSSR count). The molecule has 2 heterocycles. The summed E-state index contributed by atoms with van der Waals surface area (Å²) in [6, 6.07) is 13.6. The molecule has 208 valence electrons. The minimum atomic E-state index is -4.13. The van der Waals surface area contributed by atoms with Gasteiger partial charge in [0.25, 0.3) is 10.0 Å². The molecule has 1 fully saturated rings. The highest BCUT2D eigenvalue weighted by Crippen LogP contribution is 2.37. The lowest BCUT2D eigenvalue weighted by Gasteiger charge is -2.26. The molecular formula is C27H25Cl2FN6O3S. The third kappa shape index (κ3) is 6.44. The zero-order valence-electron chi connectivity index (χ0n) is 21.0. The third-order valence-electron chi connectivity index (χ3n) is 6.41. The van der Waals surface area contributed by atoms with Crippen molar-refractivity contribution in [2.24, 2.45) is 5.73 Å². The molecule has 13 heteroatoms. The van der Waals surface area contributed by atoms with Gasteiger partial charge in [-0.15, -0.1) is 0 Å². The summed E-state index contributed by atoms with van der Waals surface area (Å²) in [5.74, 6) is -0.581. The molecule has 2 aromatic carbocycles. The van der Waals surface area contributed by atoms with Crippen LogP contribution in [-0.2, 0) is 10.0 Å². The summed E-state index contributed by atoms with van der Waals surface area (Å²) in [5.41, 5.74) is 6.84. The van der Waals surface area contributed by atoms with Gasteiger partial charge in [-0.05, 0) is 56.0 Å². The van der Waals surface area contributed by atoms with E-state index in [9.17, 15) is 8.42 Å². The first-order chi connectivity index (χ1) is 19.2. The summed E-state index contributed by atoms with van der Waals surface area (Å²) >= 11 is 12.3. The first kappa shape index (κ1) is 28.0.